The van der Waals surface area contributed by atoms with E-state index < -0.39 is 6.09 Å². The van der Waals surface area contributed by atoms with Crippen LogP contribution < -0.4 is 14.7 Å². The molecule has 14 nitrogen and oxygen atoms in total. The van der Waals surface area contributed by atoms with Crippen molar-refractivity contribution in [1.29, 1.82) is 0 Å². The third kappa shape index (κ3) is 18.6. The summed E-state index contributed by atoms with van der Waals surface area (Å²) in [4.78, 5) is 83.9. The fourth-order valence-corrected chi connectivity index (χ4v) is 7.94. The first-order valence-electron chi connectivity index (χ1n) is 19.6. The molecule has 2 atom stereocenters. The Hall–Kier alpha value is -1.99. The number of benzene rings is 2. The van der Waals surface area contributed by atoms with Crippen LogP contribution in [0.1, 0.15) is 54.8 Å². The third-order valence-electron chi connectivity index (χ3n) is 9.47. The largest absolute Gasteiger partial charge is 0 e. The number of carbonyl (C=O) groups excluding carboxylic acids is 6. The number of cyclic esters (lactones) is 1. The van der Waals surface area contributed by atoms with Gasteiger partial charge in [0.25, 0.3) is 11.8 Å². The summed E-state index contributed by atoms with van der Waals surface area (Å²) in [6, 6.07) is 21.8. The molecule has 6 heterocycles. The number of amides is 3. The molecule has 342 valence electrons. The van der Waals surface area contributed by atoms with Crippen molar-refractivity contribution >= 4 is 144 Å². The molecule has 4 aromatic rings. The summed E-state index contributed by atoms with van der Waals surface area (Å²) in [7, 11) is 0.628. The quantitative estimate of drug-likeness (QED) is 0.0333. The third-order valence-corrected chi connectivity index (χ3v) is 11.6. The molecule has 4 fully saturated rings. The molecule has 64 heavy (non-hydrogen) atoms. The van der Waals surface area contributed by atoms with Gasteiger partial charge in [0, 0.05) is 71.3 Å². The predicted molar refractivity (Wildman–Crippen MR) is 268 cm³/mol. The zero-order valence-corrected chi connectivity index (χ0v) is 46.2. The van der Waals surface area contributed by atoms with Crippen LogP contribution in [-0.2, 0) is 61.4 Å². The van der Waals surface area contributed by atoms with Crippen LogP contribution in [0, 0.1) is 13.8 Å². The molecule has 0 spiro atoms. The normalized spacial score (nSPS) is 17.2. The number of hydrogen-bond donors (Lipinski definition) is 0. The first-order chi connectivity index (χ1) is 30.5. The number of aryl methyl sites for hydroxylation is 2. The molecular weight excluding hydrogens is 1280 g/mol. The molecule has 4 aliphatic rings. The smallest absolute Gasteiger partial charge is 0 e. The Kier molecular flexibility index (Phi) is 26.8. The Bertz CT molecular complexity index is 2170. The van der Waals surface area contributed by atoms with Gasteiger partial charge in [0.2, 0.25) is 6.08 Å². The van der Waals surface area contributed by atoms with Gasteiger partial charge in [-0.3, -0.25) is 24.1 Å². The van der Waals surface area contributed by atoms with Gasteiger partial charge in [-0.15, -0.1) is 22.7 Å². The second kappa shape index (κ2) is 30.4. The molecule has 2 aromatic heterocycles. The molecule has 2 aromatic carbocycles. The summed E-state index contributed by atoms with van der Waals surface area (Å²) in [6.45, 7) is 7.57. The van der Waals surface area contributed by atoms with Gasteiger partial charge in [0.1, 0.15) is 19.3 Å². The molecular formula is C43H47I3N4O10S2V2. The fourth-order valence-electron chi connectivity index (χ4n) is 6.27. The Morgan fingerprint density at radius 2 is 1.14 bits per heavy atom. The Morgan fingerprint density at radius 1 is 0.719 bits per heavy atom. The number of thiophene rings is 2. The van der Waals surface area contributed by atoms with E-state index >= 15 is 0 Å². The minimum atomic E-state index is -0.412. The van der Waals surface area contributed by atoms with E-state index in [0.717, 1.165) is 39.0 Å². The SMILES string of the molecule is CI.Cc1ccc(C(=O)CC[C@H]2CN(c3ccc(N4CCOCC4=O)cc3)C(=O)O2)s1.Cc1ccc(C(=O)CC[C@H]2CO2)s1.O=C=Nc1ccc(N2CCOCC2=O)cc1.[I][V][I].[V]. The molecule has 8 rings (SSSR count). The number of isocyanates is 1. The number of alkyl halides is 1. The number of carbonyl (C=O) groups is 5. The van der Waals surface area contributed by atoms with Gasteiger partial charge in [-0.1, -0.05) is 22.6 Å². The summed E-state index contributed by atoms with van der Waals surface area (Å²) >= 11 is 9.95. The van der Waals surface area contributed by atoms with Crippen LogP contribution in [0.3, 0.4) is 0 Å². The van der Waals surface area contributed by atoms with Gasteiger partial charge >= 0.3 is 55.5 Å². The van der Waals surface area contributed by atoms with Crippen LogP contribution in [0.5, 0.6) is 0 Å². The summed E-state index contributed by atoms with van der Waals surface area (Å²) < 4.78 is 20.7. The number of anilines is 3. The van der Waals surface area contributed by atoms with Crippen LogP contribution in [0.2, 0.25) is 0 Å². The maximum absolute atomic E-state index is 12.3. The summed E-state index contributed by atoms with van der Waals surface area (Å²) in [5, 5.41) is 0. The number of ether oxygens (including phenoxy) is 4. The van der Waals surface area contributed by atoms with Gasteiger partial charge in [0.15, 0.2) is 11.6 Å². The number of hydrogen-bond acceptors (Lipinski definition) is 13. The number of ketones is 2. The van der Waals surface area contributed by atoms with Crippen LogP contribution in [0.15, 0.2) is 77.8 Å². The number of aliphatic imine (C=N–C) groups is 1. The predicted octanol–water partition coefficient (Wildman–Crippen LogP) is 9.66. The first kappa shape index (κ1) is 56.3. The second-order valence-electron chi connectivity index (χ2n) is 13.8. The van der Waals surface area contributed by atoms with Crippen molar-refractivity contribution in [1.82, 2.24) is 0 Å². The standard InChI is InChI=1S/C21H22N2O5S.C11H10N2O3.C10H12O2S.CH3I.2HI.2V/c1-14-2-9-19(29-14)18(24)8-7-17-12-23(21(26)28-17)16-5-3-15(4-6-16)22-10-11-27-13-20(22)25;14-8-12-9-1-3-10(4-2-9)13-5-6-16-7-11(13)15;1-7-2-5-10(13-7)9(11)4-3-8-6-12-8;1-2;;;;/h2-6,9,17H,7-8,10-13H2,1H3;1-4H,5-7H2;2,5,8H,3-4,6H2,1H3;1H3;2*1H;;/q;;;;;;;+2/p-2/t17-;;8-;;;;;/m0.0...../s1. The maximum atomic E-state index is 12.3. The molecule has 0 bridgehead atoms. The van der Waals surface area contributed by atoms with E-state index in [1.165, 1.54) is 22.3 Å². The van der Waals surface area contributed by atoms with Gasteiger partial charge in [-0.05, 0) is 104 Å². The number of rotatable bonds is 12. The van der Waals surface area contributed by atoms with E-state index in [0.29, 0.717) is 79.1 Å². The van der Waals surface area contributed by atoms with E-state index in [-0.39, 0.29) is 61.3 Å². The number of Topliss-reactive ketones (excluding diaryl/α,β-unsaturated/α-hetero) is 2. The molecule has 4 saturated heterocycles. The fraction of sp³-hybridized carbons (Fsp3) is 0.395. The zero-order chi connectivity index (χ0) is 45.7. The van der Waals surface area contributed by atoms with E-state index in [2.05, 4.69) is 67.5 Å². The summed E-state index contributed by atoms with van der Waals surface area (Å²) in [6.07, 6.45) is 3.47. The second-order valence-corrected chi connectivity index (χ2v) is 28.2. The van der Waals surface area contributed by atoms with E-state index in [1.807, 2.05) is 55.2 Å². The first-order valence-corrected chi connectivity index (χ1v) is 32.4. The monoisotopic (exact) mass is 1330 g/mol. The average molecular weight is 1330 g/mol. The molecule has 0 saturated carbocycles. The van der Waals surface area contributed by atoms with Crippen molar-refractivity contribution in [2.75, 3.05) is 72.3 Å². The zero-order valence-electron chi connectivity index (χ0n) is 35.3. The van der Waals surface area contributed by atoms with E-state index in [4.69, 9.17) is 18.9 Å². The molecule has 0 N–H and O–H groups in total. The molecule has 0 unspecified atom stereocenters. The number of halogens is 3. The van der Waals surface area contributed by atoms with E-state index in [9.17, 15) is 28.8 Å². The number of epoxide rings is 1. The average Bonchev–Trinajstić information content (AvgIpc) is 3.64. The number of nitrogens with zero attached hydrogens (tertiary/aromatic N) is 4. The topological polar surface area (TPSA) is 165 Å². The molecule has 1 radical (unpaired) electrons. The summed E-state index contributed by atoms with van der Waals surface area (Å²) in [5.41, 5.74) is 2.81. The van der Waals surface area contributed by atoms with Crippen molar-refractivity contribution in [3.63, 3.8) is 0 Å². The van der Waals surface area contributed by atoms with Gasteiger partial charge < -0.3 is 28.7 Å². The van der Waals surface area contributed by atoms with Gasteiger partial charge in [-0.2, -0.15) is 4.99 Å². The summed E-state index contributed by atoms with van der Waals surface area (Å²) in [5.74, 6) is 0.207. The van der Waals surface area contributed by atoms with Crippen molar-refractivity contribution in [2.24, 2.45) is 4.99 Å². The minimum Gasteiger partial charge on any atom is 0 e. The molecule has 3 amide bonds. The maximum Gasteiger partial charge on any atom is 0 e. The Labute approximate surface area is 435 Å². The van der Waals surface area contributed by atoms with Crippen molar-refractivity contribution in [2.45, 2.75) is 51.7 Å². The Balaban J connectivity index is 0.000000263. The van der Waals surface area contributed by atoms with Crippen molar-refractivity contribution < 1.29 is 75.7 Å². The van der Waals surface area contributed by atoms with E-state index in [1.54, 1.807) is 62.4 Å². The van der Waals surface area contributed by atoms with Crippen LogP contribution in [0.25, 0.3) is 0 Å². The van der Waals surface area contributed by atoms with Crippen molar-refractivity contribution in [3.05, 3.63) is 92.3 Å². The van der Waals surface area contributed by atoms with Crippen LogP contribution >= 0.6 is 85.2 Å². The molecule has 4 aliphatic heterocycles. The van der Waals surface area contributed by atoms with Crippen molar-refractivity contribution in [3.8, 4) is 0 Å². The minimum absolute atomic E-state index is 0. The number of morpholine rings is 2. The molecule has 21 heteroatoms. The van der Waals surface area contributed by atoms with Gasteiger partial charge in [0.05, 0.1) is 47.9 Å². The van der Waals surface area contributed by atoms with Gasteiger partial charge in [-0.25, -0.2) is 9.59 Å². The van der Waals surface area contributed by atoms with Crippen LogP contribution in [0.4, 0.5) is 27.5 Å². The molecule has 0 aliphatic carbocycles. The Morgan fingerprint density at radius 3 is 1.53 bits per heavy atom. The van der Waals surface area contributed by atoms with Crippen LogP contribution in [-0.4, -0.2) is 105 Å².